The van der Waals surface area contributed by atoms with Crippen molar-refractivity contribution in [2.45, 2.75) is 13.5 Å². The van der Waals surface area contributed by atoms with Crippen molar-refractivity contribution < 1.29 is 0 Å². The van der Waals surface area contributed by atoms with Gasteiger partial charge in [0.1, 0.15) is 11.6 Å². The number of hydrogen-bond donors (Lipinski definition) is 2. The highest BCUT2D eigenvalue weighted by Crippen LogP contribution is 2.31. The van der Waals surface area contributed by atoms with Gasteiger partial charge in [0.05, 0.1) is 5.56 Å². The van der Waals surface area contributed by atoms with E-state index in [4.69, 9.17) is 11.5 Å². The third kappa shape index (κ3) is 3.89. The SMILES string of the molecule is Cc1ccc(-c2c(N)nc(N3CCN(Cc4cccs4)CC3)nc2N)cc1. The van der Waals surface area contributed by atoms with E-state index >= 15 is 0 Å². The summed E-state index contributed by atoms with van der Waals surface area (Å²) in [6.45, 7) is 6.74. The molecule has 1 saturated heterocycles. The molecule has 4 N–H and O–H groups in total. The molecule has 0 bridgehead atoms. The minimum atomic E-state index is 0.433. The van der Waals surface area contributed by atoms with Crippen LogP contribution in [0.25, 0.3) is 11.1 Å². The van der Waals surface area contributed by atoms with Crippen molar-refractivity contribution in [3.05, 3.63) is 52.2 Å². The summed E-state index contributed by atoms with van der Waals surface area (Å²) in [7, 11) is 0. The van der Waals surface area contributed by atoms with Crippen molar-refractivity contribution in [2.24, 2.45) is 0 Å². The Morgan fingerprint density at radius 3 is 2.22 bits per heavy atom. The van der Waals surface area contributed by atoms with Crippen molar-refractivity contribution in [2.75, 3.05) is 42.5 Å². The van der Waals surface area contributed by atoms with Crippen molar-refractivity contribution in [3.63, 3.8) is 0 Å². The number of aromatic nitrogens is 2. The maximum atomic E-state index is 6.25. The van der Waals surface area contributed by atoms with E-state index in [-0.39, 0.29) is 0 Å². The van der Waals surface area contributed by atoms with Crippen LogP contribution in [0.1, 0.15) is 10.4 Å². The molecule has 0 saturated carbocycles. The van der Waals surface area contributed by atoms with Gasteiger partial charge in [0.25, 0.3) is 0 Å². The van der Waals surface area contributed by atoms with Crippen LogP contribution in [0.15, 0.2) is 41.8 Å². The molecule has 7 heteroatoms. The number of nitrogen functional groups attached to an aromatic ring is 2. The molecule has 0 unspecified atom stereocenters. The molecule has 0 radical (unpaired) electrons. The molecule has 1 aliphatic rings. The average Bonchev–Trinajstić information content (AvgIpc) is 3.16. The van der Waals surface area contributed by atoms with Gasteiger partial charge in [-0.1, -0.05) is 35.9 Å². The van der Waals surface area contributed by atoms with Crippen LogP contribution in [0.5, 0.6) is 0 Å². The molecule has 0 amide bonds. The minimum absolute atomic E-state index is 0.433. The molecule has 0 aliphatic carbocycles. The van der Waals surface area contributed by atoms with Crippen LogP contribution >= 0.6 is 11.3 Å². The molecule has 1 aromatic carbocycles. The van der Waals surface area contributed by atoms with Crippen molar-refractivity contribution in [1.82, 2.24) is 14.9 Å². The van der Waals surface area contributed by atoms with Crippen LogP contribution in [0.2, 0.25) is 0 Å². The Labute approximate surface area is 163 Å². The molecule has 4 rings (SSSR count). The highest BCUT2D eigenvalue weighted by atomic mass is 32.1. The second-order valence-corrected chi connectivity index (χ2v) is 7.91. The summed E-state index contributed by atoms with van der Waals surface area (Å²) in [5, 5.41) is 2.13. The lowest BCUT2D eigenvalue weighted by molar-refractivity contribution is 0.251. The predicted molar refractivity (Wildman–Crippen MR) is 113 cm³/mol. The second-order valence-electron chi connectivity index (χ2n) is 6.88. The van der Waals surface area contributed by atoms with Gasteiger partial charge in [-0.05, 0) is 23.9 Å². The highest BCUT2D eigenvalue weighted by molar-refractivity contribution is 7.09. The van der Waals surface area contributed by atoms with Gasteiger partial charge in [0, 0.05) is 37.6 Å². The number of nitrogens with zero attached hydrogens (tertiary/aromatic N) is 4. The molecule has 2 aromatic heterocycles. The molecule has 3 heterocycles. The summed E-state index contributed by atoms with van der Waals surface area (Å²) in [6, 6.07) is 12.4. The molecule has 0 spiro atoms. The summed E-state index contributed by atoms with van der Waals surface area (Å²) in [4.78, 5) is 15.1. The smallest absolute Gasteiger partial charge is 0.229 e. The summed E-state index contributed by atoms with van der Waals surface area (Å²) < 4.78 is 0. The Hall–Kier alpha value is -2.64. The Morgan fingerprint density at radius 1 is 0.963 bits per heavy atom. The van der Waals surface area contributed by atoms with Gasteiger partial charge < -0.3 is 16.4 Å². The van der Waals surface area contributed by atoms with E-state index in [0.717, 1.165) is 43.9 Å². The predicted octanol–water partition coefficient (Wildman–Crippen LogP) is 3.00. The fourth-order valence-corrected chi connectivity index (χ4v) is 4.12. The number of anilines is 3. The second kappa shape index (κ2) is 7.54. The van der Waals surface area contributed by atoms with E-state index in [1.807, 2.05) is 31.2 Å². The van der Waals surface area contributed by atoms with Crippen molar-refractivity contribution in [3.8, 4) is 11.1 Å². The first kappa shape index (κ1) is 17.8. The lowest BCUT2D eigenvalue weighted by Crippen LogP contribution is -2.46. The monoisotopic (exact) mass is 380 g/mol. The Bertz CT molecular complexity index is 876. The average molecular weight is 381 g/mol. The fourth-order valence-electron chi connectivity index (χ4n) is 3.37. The minimum Gasteiger partial charge on any atom is -0.383 e. The van der Waals surface area contributed by atoms with E-state index in [1.54, 1.807) is 11.3 Å². The highest BCUT2D eigenvalue weighted by Gasteiger charge is 2.21. The zero-order valence-electron chi connectivity index (χ0n) is 15.4. The maximum absolute atomic E-state index is 6.25. The first-order valence-electron chi connectivity index (χ1n) is 9.10. The van der Waals surface area contributed by atoms with Gasteiger partial charge in [0.15, 0.2) is 0 Å². The van der Waals surface area contributed by atoms with E-state index < -0.39 is 0 Å². The number of benzene rings is 1. The largest absolute Gasteiger partial charge is 0.383 e. The number of aryl methyl sites for hydroxylation is 1. The summed E-state index contributed by atoms with van der Waals surface area (Å²) >= 11 is 1.80. The zero-order valence-corrected chi connectivity index (χ0v) is 16.2. The molecule has 1 fully saturated rings. The fraction of sp³-hybridized carbons (Fsp3) is 0.300. The van der Waals surface area contributed by atoms with Crippen LogP contribution in [0, 0.1) is 6.92 Å². The number of nitrogens with two attached hydrogens (primary N) is 2. The molecular weight excluding hydrogens is 356 g/mol. The van der Waals surface area contributed by atoms with E-state index in [2.05, 4.69) is 37.3 Å². The van der Waals surface area contributed by atoms with Gasteiger partial charge >= 0.3 is 0 Å². The number of piperazine rings is 1. The molecule has 1 aliphatic heterocycles. The zero-order chi connectivity index (χ0) is 18.8. The van der Waals surface area contributed by atoms with Gasteiger partial charge in [0.2, 0.25) is 5.95 Å². The first-order valence-corrected chi connectivity index (χ1v) is 9.98. The first-order chi connectivity index (χ1) is 13.1. The lowest BCUT2D eigenvalue weighted by Gasteiger charge is -2.34. The topological polar surface area (TPSA) is 84.3 Å². The van der Waals surface area contributed by atoms with Crippen LogP contribution in [0.3, 0.4) is 0 Å². The van der Waals surface area contributed by atoms with Gasteiger partial charge in [-0.25, -0.2) is 0 Å². The summed E-state index contributed by atoms with van der Waals surface area (Å²) in [5.41, 5.74) is 15.4. The molecule has 6 nitrogen and oxygen atoms in total. The summed E-state index contributed by atoms with van der Waals surface area (Å²) in [5.74, 6) is 1.49. The molecule has 3 aromatic rings. The number of rotatable bonds is 4. The van der Waals surface area contributed by atoms with Crippen molar-refractivity contribution in [1.29, 1.82) is 0 Å². The van der Waals surface area contributed by atoms with Crippen LogP contribution in [-0.2, 0) is 6.54 Å². The third-order valence-corrected chi connectivity index (χ3v) is 5.77. The van der Waals surface area contributed by atoms with Gasteiger partial charge in [-0.15, -0.1) is 11.3 Å². The molecular formula is C20H24N6S. The molecule has 0 atom stereocenters. The maximum Gasteiger partial charge on any atom is 0.229 e. The summed E-state index contributed by atoms with van der Waals surface area (Å²) in [6.07, 6.45) is 0. The van der Waals surface area contributed by atoms with Crippen LogP contribution in [-0.4, -0.2) is 41.0 Å². The van der Waals surface area contributed by atoms with Crippen molar-refractivity contribution >= 4 is 28.9 Å². The third-order valence-electron chi connectivity index (χ3n) is 4.91. The molecule has 27 heavy (non-hydrogen) atoms. The standard InChI is InChI=1S/C20H24N6S/c1-14-4-6-15(7-5-14)17-18(21)23-20(24-19(17)22)26-10-8-25(9-11-26)13-16-3-2-12-27-16/h2-7,12H,8-11,13H2,1H3,(H4,21,22,23,24). The van der Waals surface area contributed by atoms with Crippen LogP contribution < -0.4 is 16.4 Å². The van der Waals surface area contributed by atoms with Gasteiger partial charge in [-0.3, -0.25) is 4.90 Å². The van der Waals surface area contributed by atoms with Gasteiger partial charge in [-0.2, -0.15) is 9.97 Å². The quantitative estimate of drug-likeness (QED) is 0.724. The lowest BCUT2D eigenvalue weighted by atomic mass is 10.1. The number of hydrogen-bond acceptors (Lipinski definition) is 7. The number of thiophene rings is 1. The van der Waals surface area contributed by atoms with Crippen LogP contribution in [0.4, 0.5) is 17.6 Å². The van der Waals surface area contributed by atoms with E-state index in [9.17, 15) is 0 Å². The Morgan fingerprint density at radius 2 is 1.63 bits per heavy atom. The van der Waals surface area contributed by atoms with E-state index in [1.165, 1.54) is 10.4 Å². The Kier molecular flexibility index (Phi) is 4.96. The Balaban J connectivity index is 1.48. The molecule has 140 valence electrons. The van der Waals surface area contributed by atoms with E-state index in [0.29, 0.717) is 17.6 Å². The normalized spacial score (nSPS) is 15.2.